The highest BCUT2D eigenvalue weighted by atomic mass is 19.2. The molecule has 0 fully saturated rings. The first-order valence-electron chi connectivity index (χ1n) is 11.0. The number of hydrogen-bond acceptors (Lipinski definition) is 3. The van der Waals surface area contributed by atoms with E-state index in [-0.39, 0.29) is 18.2 Å². The van der Waals surface area contributed by atoms with Crippen molar-refractivity contribution >= 4 is 18.5 Å². The Labute approximate surface area is 229 Å². The third kappa shape index (κ3) is 4.58. The Morgan fingerprint density at radius 2 is 0.674 bits per heavy atom. The maximum Gasteiger partial charge on any atom is 0.341 e. The van der Waals surface area contributed by atoms with Crippen molar-refractivity contribution in [3.63, 3.8) is 0 Å². The molecule has 1 N–H and O–H groups in total. The zero-order chi connectivity index (χ0) is 32.2. The molecule has 0 atom stereocenters. The van der Waals surface area contributed by atoms with E-state index in [0.29, 0.717) is 0 Å². The van der Waals surface area contributed by atoms with Gasteiger partial charge in [-0.15, -0.1) is 0 Å². The van der Waals surface area contributed by atoms with Crippen LogP contribution >= 0.6 is 0 Å². The number of rotatable bonds is 6. The van der Waals surface area contributed by atoms with Crippen LogP contribution in [0.2, 0.25) is 0 Å². The van der Waals surface area contributed by atoms with Crippen LogP contribution in [0.5, 0.6) is 0 Å². The summed E-state index contributed by atoms with van der Waals surface area (Å²) in [5.74, 6) is -31.6. The molecule has 0 spiro atoms. The molecule has 0 saturated carbocycles. The Bertz CT molecular complexity index is 1740. The number of carboxylic acid groups (broad SMARTS) is 1. The van der Waals surface area contributed by atoms with Gasteiger partial charge < -0.3 is 5.11 Å². The monoisotopic (exact) mass is 622 g/mol. The average molecular weight is 622 g/mol. The van der Waals surface area contributed by atoms with Crippen LogP contribution in [0.1, 0.15) is 31.1 Å². The highest BCUT2D eigenvalue weighted by Crippen LogP contribution is 2.41. The predicted octanol–water partition coefficient (Wildman–Crippen LogP) is 7.68. The van der Waals surface area contributed by atoms with E-state index in [2.05, 4.69) is 0 Å². The molecule has 0 bridgehead atoms. The highest BCUT2D eigenvalue weighted by Gasteiger charge is 2.33. The summed E-state index contributed by atoms with van der Waals surface area (Å²) < 4.78 is 176. The fraction of sp³-hybridized carbons (Fsp3) is 0. The summed E-state index contributed by atoms with van der Waals surface area (Å²) in [7, 11) is 0. The third-order valence-electron chi connectivity index (χ3n) is 6.11. The number of halogens is 12. The Hall–Kier alpha value is -5.15. The summed E-state index contributed by atoms with van der Waals surface area (Å²) >= 11 is 0. The van der Waals surface area contributed by atoms with Gasteiger partial charge in [-0.1, -0.05) is 0 Å². The Balaban J connectivity index is 2.24. The van der Waals surface area contributed by atoms with Gasteiger partial charge >= 0.3 is 5.97 Å². The van der Waals surface area contributed by atoms with E-state index in [0.717, 1.165) is 0 Å². The number of carboxylic acids is 1. The van der Waals surface area contributed by atoms with Gasteiger partial charge in [-0.3, -0.25) is 9.59 Å². The molecule has 4 rings (SSSR count). The molecule has 16 heteroatoms. The van der Waals surface area contributed by atoms with Gasteiger partial charge in [0, 0.05) is 0 Å². The minimum absolute atomic E-state index is 0.146. The molecular weight excluding hydrogens is 616 g/mol. The van der Waals surface area contributed by atoms with Crippen molar-refractivity contribution in [1.29, 1.82) is 0 Å². The second-order valence-corrected chi connectivity index (χ2v) is 8.44. The summed E-state index contributed by atoms with van der Waals surface area (Å²) in [6.07, 6.45) is -1.29. The van der Waals surface area contributed by atoms with Crippen LogP contribution in [0, 0.1) is 69.8 Å². The van der Waals surface area contributed by atoms with Crippen LogP contribution in [0.3, 0.4) is 0 Å². The second-order valence-electron chi connectivity index (χ2n) is 8.44. The lowest BCUT2D eigenvalue weighted by Crippen LogP contribution is -2.11. The number of carbonyl (C=O) groups excluding carboxylic acids is 2. The molecule has 0 heterocycles. The Morgan fingerprint density at radius 1 is 0.442 bits per heavy atom. The van der Waals surface area contributed by atoms with E-state index in [9.17, 15) is 67.1 Å². The zero-order valence-corrected chi connectivity index (χ0v) is 20.1. The van der Waals surface area contributed by atoms with Gasteiger partial charge in [-0.25, -0.2) is 57.5 Å². The molecule has 4 aromatic carbocycles. The van der Waals surface area contributed by atoms with E-state index in [1.807, 2.05) is 0 Å². The number of aldehydes is 2. The number of benzene rings is 4. The quantitative estimate of drug-likeness (QED) is 0.136. The number of aromatic carboxylic acids is 1. The van der Waals surface area contributed by atoms with Gasteiger partial charge in [-0.2, -0.15) is 0 Å². The fourth-order valence-electron chi connectivity index (χ4n) is 4.14. The van der Waals surface area contributed by atoms with Gasteiger partial charge in [0.2, 0.25) is 0 Å². The first kappa shape index (κ1) is 30.8. The normalized spacial score (nSPS) is 11.2. The summed E-state index contributed by atoms with van der Waals surface area (Å²) in [4.78, 5) is 32.9. The van der Waals surface area contributed by atoms with E-state index >= 15 is 0 Å². The summed E-state index contributed by atoms with van der Waals surface area (Å²) in [6.45, 7) is 0. The molecular formula is C27H6F12O4. The maximum absolute atomic E-state index is 14.9. The fourth-order valence-corrected chi connectivity index (χ4v) is 4.14. The summed E-state index contributed by atoms with van der Waals surface area (Å²) in [6, 6.07) is 0.459. The van der Waals surface area contributed by atoms with E-state index in [4.69, 9.17) is 5.11 Å². The minimum atomic E-state index is -2.55. The largest absolute Gasteiger partial charge is 0.477 e. The lowest BCUT2D eigenvalue weighted by atomic mass is 9.90. The van der Waals surface area contributed by atoms with Gasteiger partial charge in [0.1, 0.15) is 5.56 Å². The molecule has 0 radical (unpaired) electrons. The molecule has 0 aliphatic carbocycles. The number of hydrogen-bond donors (Lipinski definition) is 1. The lowest BCUT2D eigenvalue weighted by molar-refractivity contribution is 0.0683. The van der Waals surface area contributed by atoms with Crippen molar-refractivity contribution in [2.75, 3.05) is 0 Å². The zero-order valence-electron chi connectivity index (χ0n) is 20.1. The van der Waals surface area contributed by atoms with Crippen LogP contribution in [0.4, 0.5) is 52.7 Å². The Morgan fingerprint density at radius 3 is 0.884 bits per heavy atom. The van der Waals surface area contributed by atoms with Crippen molar-refractivity contribution in [1.82, 2.24) is 0 Å². The van der Waals surface area contributed by atoms with E-state index in [1.165, 1.54) is 0 Å². The molecule has 0 aliphatic heterocycles. The van der Waals surface area contributed by atoms with Gasteiger partial charge in [0.15, 0.2) is 82.4 Å². The minimum Gasteiger partial charge on any atom is -0.477 e. The van der Waals surface area contributed by atoms with Crippen molar-refractivity contribution in [3.05, 3.63) is 105 Å². The molecule has 4 nitrogen and oxygen atoms in total. The molecule has 0 amide bonds. The molecule has 4 aromatic rings. The number of carbonyl (C=O) groups is 3. The third-order valence-corrected chi connectivity index (χ3v) is 6.11. The average Bonchev–Trinajstić information content (AvgIpc) is 2.95. The summed E-state index contributed by atoms with van der Waals surface area (Å²) in [5, 5.41) is 8.88. The van der Waals surface area contributed by atoms with Crippen molar-refractivity contribution in [2.24, 2.45) is 0 Å². The molecule has 0 aliphatic rings. The smallest absolute Gasteiger partial charge is 0.341 e. The van der Waals surface area contributed by atoms with Crippen LogP contribution < -0.4 is 0 Å². The van der Waals surface area contributed by atoms with Gasteiger partial charge in [0.05, 0.1) is 27.8 Å². The topological polar surface area (TPSA) is 71.4 Å². The molecule has 0 aromatic heterocycles. The van der Waals surface area contributed by atoms with Crippen molar-refractivity contribution < 1.29 is 72.2 Å². The second kappa shape index (κ2) is 10.9. The SMILES string of the molecule is O=Cc1c(F)c(F)c(-c2cc(-c3c(F)c(F)c(C=O)c(F)c3F)cc(-c3c(F)c(F)c(C(=O)O)c(F)c3F)c2)c(F)c1F. The highest BCUT2D eigenvalue weighted by molar-refractivity contribution is 5.90. The van der Waals surface area contributed by atoms with Crippen LogP contribution in [0.15, 0.2) is 18.2 Å². The van der Waals surface area contributed by atoms with Crippen LogP contribution in [0.25, 0.3) is 33.4 Å². The van der Waals surface area contributed by atoms with Gasteiger partial charge in [0.25, 0.3) is 0 Å². The standard InChI is InChI=1S/C27H6F12O4/c28-15-9(4-40)16(29)20(33)11(19(15)32)6-1-7(12-21(34)17(30)10(5-41)18(31)22(12)35)3-8(2-6)13-23(36)25(38)14(27(42)43)26(39)24(13)37/h1-5H,(H,42,43). The molecule has 0 unspecified atom stereocenters. The lowest BCUT2D eigenvalue weighted by Gasteiger charge is -2.16. The van der Waals surface area contributed by atoms with Crippen LogP contribution in [-0.2, 0) is 0 Å². The van der Waals surface area contributed by atoms with Crippen molar-refractivity contribution in [3.8, 4) is 33.4 Å². The molecule has 0 saturated heterocycles. The maximum atomic E-state index is 14.9. The molecule has 222 valence electrons. The van der Waals surface area contributed by atoms with Gasteiger partial charge in [-0.05, 0) is 34.9 Å². The Kier molecular flexibility index (Phi) is 7.82. The van der Waals surface area contributed by atoms with E-state index < -0.39 is 138 Å². The van der Waals surface area contributed by atoms with Crippen molar-refractivity contribution in [2.45, 2.75) is 0 Å². The molecule has 43 heavy (non-hydrogen) atoms. The first-order valence-corrected chi connectivity index (χ1v) is 11.0. The predicted molar refractivity (Wildman–Crippen MR) is 120 cm³/mol. The van der Waals surface area contributed by atoms with E-state index in [1.54, 1.807) is 0 Å². The first-order chi connectivity index (χ1) is 20.1. The van der Waals surface area contributed by atoms with Crippen LogP contribution in [-0.4, -0.2) is 23.6 Å². The summed E-state index contributed by atoms with van der Waals surface area (Å²) in [5.41, 5.74) is -15.4.